The Bertz CT molecular complexity index is 494. The number of unbranched alkanes of at least 4 members (excludes halogenated alkanes) is 1. The summed E-state index contributed by atoms with van der Waals surface area (Å²) in [5.74, 6) is -1.10. The fourth-order valence-electron chi connectivity index (χ4n) is 2.69. The van der Waals surface area contributed by atoms with Gasteiger partial charge >= 0.3 is 0 Å². The van der Waals surface area contributed by atoms with E-state index < -0.39 is 29.9 Å². The van der Waals surface area contributed by atoms with Crippen molar-refractivity contribution >= 4 is 24.0 Å². The molecule has 0 aromatic carbocycles. The Morgan fingerprint density at radius 2 is 1.59 bits per heavy atom. The second-order valence-electron chi connectivity index (χ2n) is 7.65. The minimum absolute atomic E-state index is 0.178. The van der Waals surface area contributed by atoms with Crippen LogP contribution in [-0.4, -0.2) is 48.7 Å². The van der Waals surface area contributed by atoms with E-state index in [9.17, 15) is 19.2 Å². The van der Waals surface area contributed by atoms with Crippen LogP contribution in [0.2, 0.25) is 0 Å². The summed E-state index contributed by atoms with van der Waals surface area (Å²) < 4.78 is 0. The molecule has 8 nitrogen and oxygen atoms in total. The molecule has 5 N–H and O–H groups in total. The van der Waals surface area contributed by atoms with Gasteiger partial charge in [0.05, 0.1) is 6.04 Å². The minimum Gasteiger partial charge on any atom is -0.345 e. The molecule has 3 amide bonds. The average Bonchev–Trinajstić information content (AvgIpc) is 2.56. The van der Waals surface area contributed by atoms with Crippen molar-refractivity contribution in [2.45, 2.75) is 78.4 Å². The number of aldehydes is 1. The van der Waals surface area contributed by atoms with E-state index >= 15 is 0 Å². The third-order valence-corrected chi connectivity index (χ3v) is 4.11. The van der Waals surface area contributed by atoms with Crippen molar-refractivity contribution in [1.82, 2.24) is 16.0 Å². The molecule has 0 aliphatic heterocycles. The van der Waals surface area contributed by atoms with Crippen LogP contribution >= 0.6 is 0 Å². The summed E-state index contributed by atoms with van der Waals surface area (Å²) in [6.45, 7) is 9.40. The lowest BCUT2D eigenvalue weighted by molar-refractivity contribution is -0.133. The van der Waals surface area contributed by atoms with Crippen LogP contribution in [0.25, 0.3) is 0 Å². The van der Waals surface area contributed by atoms with Gasteiger partial charge in [-0.1, -0.05) is 27.7 Å². The van der Waals surface area contributed by atoms with Gasteiger partial charge in [-0.05, 0) is 44.1 Å². The van der Waals surface area contributed by atoms with E-state index in [1.165, 1.54) is 6.92 Å². The van der Waals surface area contributed by atoms with Crippen molar-refractivity contribution < 1.29 is 19.2 Å². The molecule has 0 unspecified atom stereocenters. The molecule has 8 heteroatoms. The lowest BCUT2D eigenvalue weighted by Crippen LogP contribution is -2.56. The molecule has 0 spiro atoms. The molecule has 0 heterocycles. The SMILES string of the molecule is CC(=O)N[C@H](CC(C)C)C(=O)N[C@@H](C(=O)N[C@H](C=O)CCCCN)C(C)C. The molecule has 0 saturated carbocycles. The van der Waals surface area contributed by atoms with E-state index in [2.05, 4.69) is 16.0 Å². The van der Waals surface area contributed by atoms with Crippen molar-refractivity contribution in [2.24, 2.45) is 17.6 Å². The molecule has 0 aliphatic rings. The van der Waals surface area contributed by atoms with Crippen LogP contribution in [0.1, 0.15) is 60.3 Å². The Morgan fingerprint density at radius 3 is 2.04 bits per heavy atom. The third kappa shape index (κ3) is 10.7. The quantitative estimate of drug-likeness (QED) is 0.271. The lowest BCUT2D eigenvalue weighted by atomic mass is 9.99. The Kier molecular flexibility index (Phi) is 12.3. The molecule has 0 aromatic heterocycles. The number of amides is 3. The van der Waals surface area contributed by atoms with Crippen molar-refractivity contribution in [3.63, 3.8) is 0 Å². The van der Waals surface area contributed by atoms with E-state index in [0.29, 0.717) is 25.7 Å². The van der Waals surface area contributed by atoms with Gasteiger partial charge in [0.25, 0.3) is 0 Å². The number of hydrogen-bond donors (Lipinski definition) is 4. The third-order valence-electron chi connectivity index (χ3n) is 4.11. The normalized spacial score (nSPS) is 14.4. The van der Waals surface area contributed by atoms with E-state index in [4.69, 9.17) is 5.73 Å². The molecule has 0 rings (SSSR count). The number of rotatable bonds is 13. The zero-order valence-corrected chi connectivity index (χ0v) is 17.2. The van der Waals surface area contributed by atoms with Crippen LogP contribution < -0.4 is 21.7 Å². The predicted octanol–water partition coefficient (Wildman–Crippen LogP) is 0.491. The van der Waals surface area contributed by atoms with Gasteiger partial charge in [-0.2, -0.15) is 0 Å². The van der Waals surface area contributed by atoms with Crippen molar-refractivity contribution in [1.29, 1.82) is 0 Å². The summed E-state index contributed by atoms with van der Waals surface area (Å²) in [5.41, 5.74) is 5.44. The molecule has 0 saturated heterocycles. The van der Waals surface area contributed by atoms with Crippen LogP contribution in [0, 0.1) is 11.8 Å². The Morgan fingerprint density at radius 1 is 0.963 bits per heavy atom. The highest BCUT2D eigenvalue weighted by Crippen LogP contribution is 2.09. The van der Waals surface area contributed by atoms with Crippen molar-refractivity contribution in [3.8, 4) is 0 Å². The first-order chi connectivity index (χ1) is 12.6. The topological polar surface area (TPSA) is 130 Å². The molecular weight excluding hydrogens is 348 g/mol. The molecule has 27 heavy (non-hydrogen) atoms. The molecule has 156 valence electrons. The first-order valence-electron chi connectivity index (χ1n) is 9.65. The molecule has 0 bridgehead atoms. The highest BCUT2D eigenvalue weighted by atomic mass is 16.2. The van der Waals surface area contributed by atoms with Gasteiger partial charge in [0, 0.05) is 6.92 Å². The van der Waals surface area contributed by atoms with Gasteiger partial charge in [-0.3, -0.25) is 14.4 Å². The van der Waals surface area contributed by atoms with Gasteiger partial charge in [-0.15, -0.1) is 0 Å². The van der Waals surface area contributed by atoms with E-state index in [0.717, 1.165) is 12.8 Å². The Balaban J connectivity index is 5.02. The van der Waals surface area contributed by atoms with Gasteiger partial charge in [-0.25, -0.2) is 0 Å². The standard InChI is InChI=1S/C19H36N4O4/c1-12(2)10-16(21-14(5)25)18(26)23-17(13(3)4)19(27)22-15(11-24)8-6-7-9-20/h11-13,15-17H,6-10,20H2,1-5H3,(H,21,25)(H,22,27)(H,23,26)/t15-,16+,17+/m0/s1. The fraction of sp³-hybridized carbons (Fsp3) is 0.789. The van der Waals surface area contributed by atoms with Crippen molar-refractivity contribution in [2.75, 3.05) is 6.54 Å². The Hall–Kier alpha value is -1.96. The summed E-state index contributed by atoms with van der Waals surface area (Å²) in [5, 5.41) is 8.03. The van der Waals surface area contributed by atoms with Crippen molar-refractivity contribution in [3.05, 3.63) is 0 Å². The maximum absolute atomic E-state index is 12.6. The zero-order valence-electron chi connectivity index (χ0n) is 17.2. The van der Waals surface area contributed by atoms with Gasteiger partial charge in [0.2, 0.25) is 17.7 Å². The van der Waals surface area contributed by atoms with Crippen LogP contribution in [0.3, 0.4) is 0 Å². The number of nitrogens with two attached hydrogens (primary N) is 1. The predicted molar refractivity (Wildman–Crippen MR) is 105 cm³/mol. The maximum Gasteiger partial charge on any atom is 0.243 e. The summed E-state index contributed by atoms with van der Waals surface area (Å²) in [4.78, 5) is 47.8. The molecule has 3 atom stereocenters. The molecular formula is C19H36N4O4. The smallest absolute Gasteiger partial charge is 0.243 e. The largest absolute Gasteiger partial charge is 0.345 e. The number of hydrogen-bond acceptors (Lipinski definition) is 5. The fourth-order valence-corrected chi connectivity index (χ4v) is 2.69. The first-order valence-corrected chi connectivity index (χ1v) is 9.65. The van der Waals surface area contributed by atoms with Crippen LogP contribution in [0.15, 0.2) is 0 Å². The van der Waals surface area contributed by atoms with E-state index in [1.807, 2.05) is 27.7 Å². The maximum atomic E-state index is 12.6. The number of nitrogens with one attached hydrogen (secondary N) is 3. The zero-order chi connectivity index (χ0) is 21.0. The average molecular weight is 385 g/mol. The van der Waals surface area contributed by atoms with Gasteiger partial charge in [0.1, 0.15) is 18.4 Å². The monoisotopic (exact) mass is 384 g/mol. The Labute approximate surface area is 162 Å². The summed E-state index contributed by atoms with van der Waals surface area (Å²) in [7, 11) is 0. The lowest BCUT2D eigenvalue weighted by Gasteiger charge is -2.26. The van der Waals surface area contributed by atoms with Gasteiger partial charge < -0.3 is 26.5 Å². The molecule has 0 radical (unpaired) electrons. The van der Waals surface area contributed by atoms with Crippen LogP contribution in [0.4, 0.5) is 0 Å². The second-order valence-corrected chi connectivity index (χ2v) is 7.65. The molecule has 0 aliphatic carbocycles. The summed E-state index contributed by atoms with van der Waals surface area (Å²) in [6, 6.07) is -2.11. The summed E-state index contributed by atoms with van der Waals surface area (Å²) >= 11 is 0. The highest BCUT2D eigenvalue weighted by Gasteiger charge is 2.29. The van der Waals surface area contributed by atoms with E-state index in [-0.39, 0.29) is 17.7 Å². The minimum atomic E-state index is -0.794. The van der Waals surface area contributed by atoms with Crippen LogP contribution in [0.5, 0.6) is 0 Å². The number of carbonyl (C=O) groups excluding carboxylic acids is 4. The van der Waals surface area contributed by atoms with Crippen LogP contribution in [-0.2, 0) is 19.2 Å². The molecule has 0 aromatic rings. The first kappa shape index (κ1) is 25.0. The highest BCUT2D eigenvalue weighted by molar-refractivity contribution is 5.92. The summed E-state index contributed by atoms with van der Waals surface area (Å²) in [6.07, 6.45) is 3.18. The van der Waals surface area contributed by atoms with Gasteiger partial charge in [0.15, 0.2) is 0 Å². The van der Waals surface area contributed by atoms with E-state index in [1.54, 1.807) is 0 Å². The second kappa shape index (κ2) is 13.2. The molecule has 0 fully saturated rings. The number of carbonyl (C=O) groups is 4.